The first-order valence-electron chi connectivity index (χ1n) is 6.87. The van der Waals surface area contributed by atoms with Gasteiger partial charge in [-0.05, 0) is 45.4 Å². The van der Waals surface area contributed by atoms with Gasteiger partial charge in [-0.2, -0.15) is 5.10 Å². The van der Waals surface area contributed by atoms with Crippen molar-refractivity contribution in [3.63, 3.8) is 0 Å². The topological polar surface area (TPSA) is 57.8 Å². The number of aromatic amines is 1. The molecular formula is C16H20ClN3O. The molecule has 2 rings (SSSR count). The molecule has 5 heteroatoms. The van der Waals surface area contributed by atoms with Crippen molar-refractivity contribution in [3.8, 4) is 0 Å². The number of H-pyrrole nitrogens is 1. The van der Waals surface area contributed by atoms with Crippen LogP contribution in [-0.2, 0) is 16.8 Å². The lowest BCUT2D eigenvalue weighted by Crippen LogP contribution is -2.39. The number of benzene rings is 1. The van der Waals surface area contributed by atoms with E-state index in [9.17, 15) is 4.79 Å². The minimum Gasteiger partial charge on any atom is -0.351 e. The summed E-state index contributed by atoms with van der Waals surface area (Å²) < 4.78 is 0. The van der Waals surface area contributed by atoms with E-state index in [2.05, 4.69) is 15.5 Å². The number of carbonyl (C=O) groups is 1. The molecule has 0 aliphatic heterocycles. The summed E-state index contributed by atoms with van der Waals surface area (Å²) in [6, 6.07) is 7.41. The highest BCUT2D eigenvalue weighted by Crippen LogP contribution is 2.26. The molecule has 0 saturated heterocycles. The molecule has 0 atom stereocenters. The molecule has 0 saturated carbocycles. The average Bonchev–Trinajstić information content (AvgIpc) is 2.75. The van der Waals surface area contributed by atoms with Gasteiger partial charge >= 0.3 is 0 Å². The maximum Gasteiger partial charge on any atom is 0.230 e. The number of aromatic nitrogens is 2. The first kappa shape index (κ1) is 15.6. The number of hydrogen-bond acceptors (Lipinski definition) is 2. The smallest absolute Gasteiger partial charge is 0.230 e. The van der Waals surface area contributed by atoms with Crippen LogP contribution in [0.3, 0.4) is 0 Å². The molecule has 2 aromatic rings. The van der Waals surface area contributed by atoms with E-state index in [1.807, 2.05) is 45.9 Å². The van der Waals surface area contributed by atoms with Crippen LogP contribution in [0, 0.1) is 13.8 Å². The van der Waals surface area contributed by atoms with Crippen molar-refractivity contribution in [1.29, 1.82) is 0 Å². The van der Waals surface area contributed by atoms with E-state index in [0.29, 0.717) is 11.6 Å². The van der Waals surface area contributed by atoms with Crippen LogP contribution < -0.4 is 5.32 Å². The zero-order valence-electron chi connectivity index (χ0n) is 12.7. The molecule has 0 spiro atoms. The number of aryl methyl sites for hydroxylation is 2. The molecule has 0 fully saturated rings. The number of halogens is 1. The quantitative estimate of drug-likeness (QED) is 0.911. The minimum atomic E-state index is -0.642. The fourth-order valence-corrected chi connectivity index (χ4v) is 2.42. The lowest BCUT2D eigenvalue weighted by molar-refractivity contribution is -0.125. The summed E-state index contributed by atoms with van der Waals surface area (Å²) in [6.45, 7) is 8.12. The summed E-state index contributed by atoms with van der Waals surface area (Å²) in [5.74, 6) is -0.0373. The van der Waals surface area contributed by atoms with Crippen LogP contribution in [0.25, 0.3) is 0 Å². The molecule has 0 aliphatic rings. The Morgan fingerprint density at radius 1 is 1.38 bits per heavy atom. The van der Waals surface area contributed by atoms with Crippen molar-refractivity contribution in [1.82, 2.24) is 15.5 Å². The van der Waals surface area contributed by atoms with Crippen LogP contribution in [-0.4, -0.2) is 16.1 Å². The van der Waals surface area contributed by atoms with Crippen LogP contribution in [0.15, 0.2) is 24.3 Å². The number of nitrogens with one attached hydrogen (secondary N) is 2. The highest BCUT2D eigenvalue weighted by molar-refractivity contribution is 6.30. The minimum absolute atomic E-state index is 0.0373. The molecular weight excluding hydrogens is 286 g/mol. The summed E-state index contributed by atoms with van der Waals surface area (Å²) in [5.41, 5.74) is 3.18. The third kappa shape index (κ3) is 3.27. The van der Waals surface area contributed by atoms with Gasteiger partial charge < -0.3 is 5.32 Å². The van der Waals surface area contributed by atoms with E-state index in [1.165, 1.54) is 0 Å². The summed E-state index contributed by atoms with van der Waals surface area (Å²) in [5, 5.41) is 10.7. The molecule has 21 heavy (non-hydrogen) atoms. The van der Waals surface area contributed by atoms with Crippen LogP contribution in [0.5, 0.6) is 0 Å². The lowest BCUT2D eigenvalue weighted by atomic mass is 9.83. The maximum atomic E-state index is 12.5. The largest absolute Gasteiger partial charge is 0.351 e. The van der Waals surface area contributed by atoms with Crippen molar-refractivity contribution < 1.29 is 4.79 Å². The van der Waals surface area contributed by atoms with Crippen molar-refractivity contribution in [2.45, 2.75) is 39.7 Å². The molecule has 0 radical (unpaired) electrons. The second kappa shape index (κ2) is 5.90. The fraction of sp³-hybridized carbons (Fsp3) is 0.375. The zero-order chi connectivity index (χ0) is 15.6. The second-order valence-electron chi connectivity index (χ2n) is 5.73. The Hall–Kier alpha value is -1.81. The monoisotopic (exact) mass is 305 g/mol. The van der Waals surface area contributed by atoms with Gasteiger partial charge in [-0.1, -0.05) is 23.7 Å². The van der Waals surface area contributed by atoms with Gasteiger partial charge in [0.2, 0.25) is 5.91 Å². The van der Waals surface area contributed by atoms with Gasteiger partial charge in [0.1, 0.15) is 0 Å². The molecule has 0 aliphatic carbocycles. The fourth-order valence-electron chi connectivity index (χ4n) is 2.23. The van der Waals surface area contributed by atoms with Crippen LogP contribution in [0.1, 0.15) is 36.4 Å². The van der Waals surface area contributed by atoms with E-state index in [-0.39, 0.29) is 5.91 Å². The first-order valence-corrected chi connectivity index (χ1v) is 7.25. The molecule has 1 heterocycles. The second-order valence-corrected chi connectivity index (χ2v) is 6.17. The molecule has 2 N–H and O–H groups in total. The molecule has 0 unspecified atom stereocenters. The lowest BCUT2D eigenvalue weighted by Gasteiger charge is -2.24. The highest BCUT2D eigenvalue weighted by atomic mass is 35.5. The Balaban J connectivity index is 2.12. The van der Waals surface area contributed by atoms with Gasteiger partial charge in [0.25, 0.3) is 0 Å². The first-order chi connectivity index (χ1) is 9.82. The van der Waals surface area contributed by atoms with Crippen molar-refractivity contribution in [2.24, 2.45) is 0 Å². The predicted octanol–water partition coefficient (Wildman–Crippen LogP) is 3.27. The van der Waals surface area contributed by atoms with E-state index in [1.54, 1.807) is 6.07 Å². The molecule has 1 aromatic carbocycles. The van der Waals surface area contributed by atoms with E-state index in [4.69, 9.17) is 11.6 Å². The van der Waals surface area contributed by atoms with Crippen molar-refractivity contribution >= 4 is 17.5 Å². The van der Waals surface area contributed by atoms with Crippen LogP contribution >= 0.6 is 11.6 Å². The zero-order valence-corrected chi connectivity index (χ0v) is 13.5. The Morgan fingerprint density at radius 3 is 2.67 bits per heavy atom. The molecule has 112 valence electrons. The van der Waals surface area contributed by atoms with Gasteiger partial charge in [0.15, 0.2) is 0 Å². The van der Waals surface area contributed by atoms with Crippen molar-refractivity contribution in [3.05, 3.63) is 51.8 Å². The number of rotatable bonds is 4. The number of carbonyl (C=O) groups excluding carboxylic acids is 1. The number of amides is 1. The van der Waals surface area contributed by atoms with Gasteiger partial charge in [-0.3, -0.25) is 9.89 Å². The Labute approximate surface area is 129 Å². The summed E-state index contributed by atoms with van der Waals surface area (Å²) in [7, 11) is 0. The maximum absolute atomic E-state index is 12.5. The standard InChI is InChI=1S/C16H20ClN3O/c1-10-14(11(2)20-19-10)9-18-15(21)16(3,4)12-6-5-7-13(17)8-12/h5-8H,9H2,1-4H3,(H,18,21)(H,19,20). The average molecular weight is 306 g/mol. The van der Waals surface area contributed by atoms with E-state index in [0.717, 1.165) is 22.5 Å². The molecule has 0 bridgehead atoms. The normalized spacial score (nSPS) is 11.5. The van der Waals surface area contributed by atoms with E-state index < -0.39 is 5.41 Å². The molecule has 4 nitrogen and oxygen atoms in total. The molecule has 1 amide bonds. The highest BCUT2D eigenvalue weighted by Gasteiger charge is 2.29. The van der Waals surface area contributed by atoms with Crippen LogP contribution in [0.2, 0.25) is 5.02 Å². The van der Waals surface area contributed by atoms with Gasteiger partial charge in [-0.25, -0.2) is 0 Å². The van der Waals surface area contributed by atoms with Crippen LogP contribution in [0.4, 0.5) is 0 Å². The summed E-state index contributed by atoms with van der Waals surface area (Å²) in [4.78, 5) is 12.5. The van der Waals surface area contributed by atoms with Crippen molar-refractivity contribution in [2.75, 3.05) is 0 Å². The summed E-state index contributed by atoms with van der Waals surface area (Å²) >= 11 is 6.01. The van der Waals surface area contributed by atoms with Gasteiger partial charge in [0, 0.05) is 22.8 Å². The Bertz CT molecular complexity index is 642. The number of nitrogens with zero attached hydrogens (tertiary/aromatic N) is 1. The summed E-state index contributed by atoms with van der Waals surface area (Å²) in [6.07, 6.45) is 0. The predicted molar refractivity (Wildman–Crippen MR) is 84.4 cm³/mol. The third-order valence-corrected chi connectivity index (χ3v) is 4.06. The number of hydrogen-bond donors (Lipinski definition) is 2. The Kier molecular flexibility index (Phi) is 4.37. The molecule has 1 aromatic heterocycles. The van der Waals surface area contributed by atoms with Gasteiger partial charge in [-0.15, -0.1) is 0 Å². The third-order valence-electron chi connectivity index (χ3n) is 3.82. The Morgan fingerprint density at radius 2 is 2.10 bits per heavy atom. The van der Waals surface area contributed by atoms with Gasteiger partial charge in [0.05, 0.1) is 11.1 Å². The SMILES string of the molecule is Cc1n[nH]c(C)c1CNC(=O)C(C)(C)c1cccc(Cl)c1. The van der Waals surface area contributed by atoms with E-state index >= 15 is 0 Å².